The molecule has 2 rings (SSSR count). The highest BCUT2D eigenvalue weighted by atomic mass is 14.9. The fourth-order valence-electron chi connectivity index (χ4n) is 1.88. The van der Waals surface area contributed by atoms with Crippen molar-refractivity contribution >= 4 is 0 Å². The SMILES string of the molecule is CCn1ccc(CC(N)c2ccccc2)c1. The smallest absolute Gasteiger partial charge is 0.0336 e. The second-order valence-corrected chi connectivity index (χ2v) is 4.07. The molecule has 1 heterocycles. The summed E-state index contributed by atoms with van der Waals surface area (Å²) in [5.74, 6) is 0. The molecule has 0 bridgehead atoms. The van der Waals surface area contributed by atoms with Crippen molar-refractivity contribution in [2.75, 3.05) is 0 Å². The minimum atomic E-state index is 0.0916. The molecule has 0 aliphatic rings. The first-order valence-corrected chi connectivity index (χ1v) is 5.74. The summed E-state index contributed by atoms with van der Waals surface area (Å²) in [4.78, 5) is 0. The molecule has 0 radical (unpaired) electrons. The predicted molar refractivity (Wildman–Crippen MR) is 67.2 cm³/mol. The van der Waals surface area contributed by atoms with Crippen LogP contribution in [0.5, 0.6) is 0 Å². The summed E-state index contributed by atoms with van der Waals surface area (Å²) < 4.78 is 2.17. The van der Waals surface area contributed by atoms with Gasteiger partial charge in [0.05, 0.1) is 0 Å². The fraction of sp³-hybridized carbons (Fsp3) is 0.286. The van der Waals surface area contributed by atoms with E-state index >= 15 is 0 Å². The Labute approximate surface area is 96.7 Å². The van der Waals surface area contributed by atoms with Crippen molar-refractivity contribution in [3.63, 3.8) is 0 Å². The van der Waals surface area contributed by atoms with Crippen LogP contribution < -0.4 is 5.73 Å². The average molecular weight is 214 g/mol. The lowest BCUT2D eigenvalue weighted by Crippen LogP contribution is -2.12. The summed E-state index contributed by atoms with van der Waals surface area (Å²) in [7, 11) is 0. The number of hydrogen-bond donors (Lipinski definition) is 1. The van der Waals surface area contributed by atoms with Crippen LogP contribution in [0.3, 0.4) is 0 Å². The number of hydrogen-bond acceptors (Lipinski definition) is 1. The molecule has 1 aromatic carbocycles. The molecular formula is C14H18N2. The van der Waals surface area contributed by atoms with Gasteiger partial charge in [-0.2, -0.15) is 0 Å². The van der Waals surface area contributed by atoms with Crippen molar-refractivity contribution in [3.05, 3.63) is 59.9 Å². The van der Waals surface area contributed by atoms with Crippen LogP contribution in [0.25, 0.3) is 0 Å². The highest BCUT2D eigenvalue weighted by Gasteiger charge is 2.07. The largest absolute Gasteiger partial charge is 0.354 e. The van der Waals surface area contributed by atoms with Crippen LogP contribution >= 0.6 is 0 Å². The van der Waals surface area contributed by atoms with E-state index in [1.54, 1.807) is 0 Å². The molecule has 16 heavy (non-hydrogen) atoms. The minimum Gasteiger partial charge on any atom is -0.354 e. The number of nitrogens with zero attached hydrogens (tertiary/aromatic N) is 1. The topological polar surface area (TPSA) is 30.9 Å². The van der Waals surface area contributed by atoms with Crippen LogP contribution in [0.1, 0.15) is 24.1 Å². The lowest BCUT2D eigenvalue weighted by atomic mass is 10.0. The van der Waals surface area contributed by atoms with E-state index in [4.69, 9.17) is 5.73 Å². The third kappa shape index (κ3) is 2.52. The monoisotopic (exact) mass is 214 g/mol. The first-order valence-electron chi connectivity index (χ1n) is 5.74. The number of aromatic nitrogens is 1. The Hall–Kier alpha value is -1.54. The fourth-order valence-corrected chi connectivity index (χ4v) is 1.88. The molecule has 1 unspecified atom stereocenters. The van der Waals surface area contributed by atoms with Crippen molar-refractivity contribution in [3.8, 4) is 0 Å². The minimum absolute atomic E-state index is 0.0916. The van der Waals surface area contributed by atoms with Crippen molar-refractivity contribution in [1.29, 1.82) is 0 Å². The zero-order valence-electron chi connectivity index (χ0n) is 9.63. The van der Waals surface area contributed by atoms with Crippen LogP contribution in [0.4, 0.5) is 0 Å². The van der Waals surface area contributed by atoms with Crippen LogP contribution in [-0.4, -0.2) is 4.57 Å². The molecule has 0 spiro atoms. The zero-order valence-corrected chi connectivity index (χ0v) is 9.63. The summed E-state index contributed by atoms with van der Waals surface area (Å²) in [5.41, 5.74) is 8.67. The summed E-state index contributed by atoms with van der Waals surface area (Å²) in [6, 6.07) is 12.5. The van der Waals surface area contributed by atoms with Gasteiger partial charge in [-0.25, -0.2) is 0 Å². The van der Waals surface area contributed by atoms with Gasteiger partial charge in [0.15, 0.2) is 0 Å². The molecule has 2 heteroatoms. The Kier molecular flexibility index (Phi) is 3.42. The van der Waals surface area contributed by atoms with Crippen LogP contribution in [-0.2, 0) is 13.0 Å². The maximum atomic E-state index is 6.17. The molecule has 0 saturated carbocycles. The van der Waals surface area contributed by atoms with Crippen LogP contribution in [0, 0.1) is 0 Å². The standard InChI is InChI=1S/C14H18N2/c1-2-16-9-8-12(11-16)10-14(15)13-6-4-3-5-7-13/h3-9,11,14H,2,10,15H2,1H3. The zero-order chi connectivity index (χ0) is 11.4. The van der Waals surface area contributed by atoms with Gasteiger partial charge in [-0.15, -0.1) is 0 Å². The molecule has 2 aromatic rings. The quantitative estimate of drug-likeness (QED) is 0.833. The van der Waals surface area contributed by atoms with Gasteiger partial charge >= 0.3 is 0 Å². The number of rotatable bonds is 4. The first-order chi connectivity index (χ1) is 7.79. The molecule has 1 atom stereocenters. The Bertz CT molecular complexity index is 431. The van der Waals surface area contributed by atoms with Crippen LogP contribution in [0.15, 0.2) is 48.8 Å². The van der Waals surface area contributed by atoms with Gasteiger partial charge < -0.3 is 10.3 Å². The Morgan fingerprint density at radius 3 is 2.56 bits per heavy atom. The Morgan fingerprint density at radius 1 is 1.19 bits per heavy atom. The second-order valence-electron chi connectivity index (χ2n) is 4.07. The van der Waals surface area contributed by atoms with Crippen molar-refractivity contribution < 1.29 is 0 Å². The molecule has 0 saturated heterocycles. The second kappa shape index (κ2) is 4.99. The number of nitrogens with two attached hydrogens (primary N) is 1. The molecule has 2 N–H and O–H groups in total. The summed E-state index contributed by atoms with van der Waals surface area (Å²) in [5, 5.41) is 0. The van der Waals surface area contributed by atoms with E-state index in [0.29, 0.717) is 0 Å². The van der Waals surface area contributed by atoms with E-state index in [1.165, 1.54) is 11.1 Å². The first kappa shape index (κ1) is 11.0. The molecule has 0 aliphatic heterocycles. The predicted octanol–water partition coefficient (Wildman–Crippen LogP) is 2.75. The van der Waals surface area contributed by atoms with E-state index in [1.807, 2.05) is 18.2 Å². The van der Waals surface area contributed by atoms with Gasteiger partial charge in [0.2, 0.25) is 0 Å². The van der Waals surface area contributed by atoms with Gasteiger partial charge in [-0.1, -0.05) is 30.3 Å². The summed E-state index contributed by atoms with van der Waals surface area (Å²) >= 11 is 0. The summed E-state index contributed by atoms with van der Waals surface area (Å²) in [6.45, 7) is 3.15. The van der Waals surface area contributed by atoms with Crippen molar-refractivity contribution in [2.24, 2.45) is 5.73 Å². The van der Waals surface area contributed by atoms with E-state index < -0.39 is 0 Å². The third-order valence-electron chi connectivity index (χ3n) is 2.86. The van der Waals surface area contributed by atoms with Crippen molar-refractivity contribution in [2.45, 2.75) is 25.9 Å². The van der Waals surface area contributed by atoms with Gasteiger partial charge in [0.1, 0.15) is 0 Å². The Morgan fingerprint density at radius 2 is 1.94 bits per heavy atom. The molecule has 0 fully saturated rings. The van der Waals surface area contributed by atoms with Gasteiger partial charge in [0, 0.05) is 25.0 Å². The highest BCUT2D eigenvalue weighted by Crippen LogP contribution is 2.15. The molecular weight excluding hydrogens is 196 g/mol. The number of benzene rings is 1. The Balaban J connectivity index is 2.05. The van der Waals surface area contributed by atoms with E-state index in [0.717, 1.165) is 13.0 Å². The molecule has 0 amide bonds. The third-order valence-corrected chi connectivity index (χ3v) is 2.86. The molecule has 2 nitrogen and oxygen atoms in total. The van der Waals surface area contributed by atoms with E-state index in [9.17, 15) is 0 Å². The van der Waals surface area contributed by atoms with Gasteiger partial charge in [-0.3, -0.25) is 0 Å². The molecule has 0 aliphatic carbocycles. The average Bonchev–Trinajstić information content (AvgIpc) is 2.78. The summed E-state index contributed by atoms with van der Waals surface area (Å²) in [6.07, 6.45) is 5.17. The normalized spacial score (nSPS) is 12.6. The lowest BCUT2D eigenvalue weighted by Gasteiger charge is -2.10. The number of aryl methyl sites for hydroxylation is 1. The van der Waals surface area contributed by atoms with Crippen LogP contribution in [0.2, 0.25) is 0 Å². The maximum Gasteiger partial charge on any atom is 0.0336 e. The van der Waals surface area contributed by atoms with Gasteiger partial charge in [-0.05, 0) is 30.5 Å². The lowest BCUT2D eigenvalue weighted by molar-refractivity contribution is 0.713. The highest BCUT2D eigenvalue weighted by molar-refractivity contribution is 5.22. The van der Waals surface area contributed by atoms with E-state index in [-0.39, 0.29) is 6.04 Å². The van der Waals surface area contributed by atoms with Gasteiger partial charge in [0.25, 0.3) is 0 Å². The van der Waals surface area contributed by atoms with Crippen molar-refractivity contribution in [1.82, 2.24) is 4.57 Å². The van der Waals surface area contributed by atoms with E-state index in [2.05, 4.69) is 42.1 Å². The molecule has 84 valence electrons. The molecule has 1 aromatic heterocycles. The maximum absolute atomic E-state index is 6.17.